The predicted octanol–water partition coefficient (Wildman–Crippen LogP) is 3.09. The van der Waals surface area contributed by atoms with Gasteiger partial charge >= 0.3 is 0 Å². The van der Waals surface area contributed by atoms with Crippen molar-refractivity contribution in [3.05, 3.63) is 40.8 Å². The molecule has 1 saturated carbocycles. The van der Waals surface area contributed by atoms with Gasteiger partial charge in [0.25, 0.3) is 0 Å². The van der Waals surface area contributed by atoms with Crippen molar-refractivity contribution in [1.82, 2.24) is 0 Å². The van der Waals surface area contributed by atoms with E-state index in [-0.39, 0.29) is 6.04 Å². The Hall–Kier alpha value is -1.18. The van der Waals surface area contributed by atoms with Crippen LogP contribution in [-0.4, -0.2) is 6.04 Å². The number of hydrogen-bond donors (Lipinski definition) is 0. The first-order valence-electron chi connectivity index (χ1n) is 4.79. The van der Waals surface area contributed by atoms with E-state index in [4.69, 9.17) is 0 Å². The fourth-order valence-electron chi connectivity index (χ4n) is 2.16. The number of hydrogen-bond acceptors (Lipinski definition) is 2. The standard InChI is InChI=1S/C11H13NO/c13-12-11-8-4-7-10(11)9-5-2-1-3-6-9/h1-3,5-6,10-11H,4,7-8H2. The van der Waals surface area contributed by atoms with Gasteiger partial charge in [0, 0.05) is 5.92 Å². The van der Waals surface area contributed by atoms with Crippen LogP contribution in [0.25, 0.3) is 0 Å². The van der Waals surface area contributed by atoms with Crippen LogP contribution in [0.1, 0.15) is 30.7 Å². The summed E-state index contributed by atoms with van der Waals surface area (Å²) < 4.78 is 0. The number of nitroso groups, excluding NO2 is 1. The molecule has 1 aromatic carbocycles. The Balaban J connectivity index is 2.21. The minimum Gasteiger partial charge on any atom is -0.150 e. The summed E-state index contributed by atoms with van der Waals surface area (Å²) in [5.41, 5.74) is 1.27. The topological polar surface area (TPSA) is 29.4 Å². The fraction of sp³-hybridized carbons (Fsp3) is 0.455. The third-order valence-electron chi connectivity index (χ3n) is 2.84. The zero-order chi connectivity index (χ0) is 9.10. The van der Waals surface area contributed by atoms with E-state index < -0.39 is 0 Å². The molecule has 0 spiro atoms. The van der Waals surface area contributed by atoms with Crippen molar-refractivity contribution in [3.8, 4) is 0 Å². The lowest BCUT2D eigenvalue weighted by Crippen LogP contribution is -2.08. The molecule has 1 aliphatic rings. The highest BCUT2D eigenvalue weighted by Gasteiger charge is 2.28. The fourth-order valence-corrected chi connectivity index (χ4v) is 2.16. The Bertz CT molecular complexity index is 283. The van der Waals surface area contributed by atoms with Gasteiger partial charge in [0.1, 0.15) is 0 Å². The average Bonchev–Trinajstić information content (AvgIpc) is 2.67. The maximum absolute atomic E-state index is 10.5. The molecule has 2 rings (SSSR count). The normalized spacial score (nSPS) is 27.4. The summed E-state index contributed by atoms with van der Waals surface area (Å²) >= 11 is 0. The molecular formula is C11H13NO. The maximum Gasteiger partial charge on any atom is 0.0987 e. The lowest BCUT2D eigenvalue weighted by atomic mass is 9.95. The van der Waals surface area contributed by atoms with Crippen molar-refractivity contribution < 1.29 is 0 Å². The highest BCUT2D eigenvalue weighted by Crippen LogP contribution is 2.36. The maximum atomic E-state index is 10.5. The molecule has 2 atom stereocenters. The SMILES string of the molecule is O=NC1CCCC1c1ccccc1. The molecule has 0 radical (unpaired) electrons. The summed E-state index contributed by atoms with van der Waals surface area (Å²) in [6.07, 6.45) is 3.21. The van der Waals surface area contributed by atoms with E-state index in [0.717, 1.165) is 19.3 Å². The van der Waals surface area contributed by atoms with Crippen LogP contribution >= 0.6 is 0 Å². The van der Waals surface area contributed by atoms with E-state index in [2.05, 4.69) is 17.3 Å². The quantitative estimate of drug-likeness (QED) is 0.635. The molecule has 0 aliphatic heterocycles. The largest absolute Gasteiger partial charge is 0.150 e. The van der Waals surface area contributed by atoms with E-state index in [0.29, 0.717) is 5.92 Å². The van der Waals surface area contributed by atoms with Gasteiger partial charge in [0.2, 0.25) is 0 Å². The van der Waals surface area contributed by atoms with Gasteiger partial charge in [-0.2, -0.15) is 4.91 Å². The van der Waals surface area contributed by atoms with Gasteiger partial charge < -0.3 is 0 Å². The number of benzene rings is 1. The van der Waals surface area contributed by atoms with E-state index in [1.165, 1.54) is 5.56 Å². The van der Waals surface area contributed by atoms with Crippen LogP contribution in [-0.2, 0) is 0 Å². The first-order chi connectivity index (χ1) is 6.42. The average molecular weight is 175 g/mol. The summed E-state index contributed by atoms with van der Waals surface area (Å²) in [6, 6.07) is 10.2. The molecule has 2 unspecified atom stereocenters. The third kappa shape index (κ3) is 1.62. The molecule has 1 aliphatic carbocycles. The van der Waals surface area contributed by atoms with Crippen molar-refractivity contribution in [3.63, 3.8) is 0 Å². The highest BCUT2D eigenvalue weighted by atomic mass is 16.3. The van der Waals surface area contributed by atoms with Crippen molar-refractivity contribution >= 4 is 0 Å². The zero-order valence-electron chi connectivity index (χ0n) is 7.52. The minimum absolute atomic E-state index is 0.0161. The van der Waals surface area contributed by atoms with Gasteiger partial charge in [-0.3, -0.25) is 0 Å². The Morgan fingerprint density at radius 3 is 2.62 bits per heavy atom. The van der Waals surface area contributed by atoms with E-state index in [1.54, 1.807) is 0 Å². The lowest BCUT2D eigenvalue weighted by Gasteiger charge is -2.12. The van der Waals surface area contributed by atoms with E-state index >= 15 is 0 Å². The summed E-state index contributed by atoms with van der Waals surface area (Å²) in [5.74, 6) is 0.374. The van der Waals surface area contributed by atoms with Gasteiger partial charge in [-0.25, -0.2) is 0 Å². The lowest BCUT2D eigenvalue weighted by molar-refractivity contribution is 0.611. The van der Waals surface area contributed by atoms with Gasteiger partial charge in [-0.15, -0.1) is 0 Å². The highest BCUT2D eigenvalue weighted by molar-refractivity contribution is 5.22. The van der Waals surface area contributed by atoms with Gasteiger partial charge in [0.15, 0.2) is 0 Å². The molecule has 13 heavy (non-hydrogen) atoms. The zero-order valence-corrected chi connectivity index (χ0v) is 7.52. The van der Waals surface area contributed by atoms with E-state index in [9.17, 15) is 4.91 Å². The van der Waals surface area contributed by atoms with Gasteiger partial charge in [0.05, 0.1) is 6.04 Å². The smallest absolute Gasteiger partial charge is 0.0987 e. The van der Waals surface area contributed by atoms with Gasteiger partial charge in [-0.1, -0.05) is 41.9 Å². The second kappa shape index (κ2) is 3.69. The summed E-state index contributed by atoms with van der Waals surface area (Å²) in [4.78, 5) is 10.5. The molecule has 1 aromatic rings. The van der Waals surface area contributed by atoms with Crippen LogP contribution in [0.5, 0.6) is 0 Å². The van der Waals surface area contributed by atoms with Crippen LogP contribution < -0.4 is 0 Å². The molecule has 1 fully saturated rings. The van der Waals surface area contributed by atoms with Crippen LogP contribution in [0.15, 0.2) is 35.5 Å². The first kappa shape index (κ1) is 8.42. The summed E-state index contributed by atoms with van der Waals surface area (Å²) in [6.45, 7) is 0. The first-order valence-corrected chi connectivity index (χ1v) is 4.79. The Kier molecular flexibility index (Phi) is 2.39. The molecule has 0 N–H and O–H groups in total. The van der Waals surface area contributed by atoms with Crippen molar-refractivity contribution in [1.29, 1.82) is 0 Å². The van der Waals surface area contributed by atoms with Crippen LogP contribution in [0, 0.1) is 4.91 Å². The monoisotopic (exact) mass is 175 g/mol. The van der Waals surface area contributed by atoms with Crippen LogP contribution in [0.3, 0.4) is 0 Å². The van der Waals surface area contributed by atoms with Crippen molar-refractivity contribution in [2.45, 2.75) is 31.2 Å². The van der Waals surface area contributed by atoms with Crippen LogP contribution in [0.4, 0.5) is 0 Å². The second-order valence-corrected chi connectivity index (χ2v) is 3.62. The van der Waals surface area contributed by atoms with E-state index in [1.807, 2.05) is 18.2 Å². The predicted molar refractivity (Wildman–Crippen MR) is 52.6 cm³/mol. The molecule has 2 heteroatoms. The summed E-state index contributed by atoms with van der Waals surface area (Å²) in [7, 11) is 0. The minimum atomic E-state index is 0.0161. The Labute approximate surface area is 77.9 Å². The van der Waals surface area contributed by atoms with Gasteiger partial charge in [-0.05, 0) is 18.4 Å². The Morgan fingerprint density at radius 1 is 1.15 bits per heavy atom. The molecule has 0 aromatic heterocycles. The molecule has 2 nitrogen and oxygen atoms in total. The molecular weight excluding hydrogens is 162 g/mol. The third-order valence-corrected chi connectivity index (χ3v) is 2.84. The van der Waals surface area contributed by atoms with Crippen molar-refractivity contribution in [2.75, 3.05) is 0 Å². The molecule has 0 bridgehead atoms. The second-order valence-electron chi connectivity index (χ2n) is 3.62. The summed E-state index contributed by atoms with van der Waals surface area (Å²) in [5, 5.41) is 3.20. The number of rotatable bonds is 2. The Morgan fingerprint density at radius 2 is 1.92 bits per heavy atom. The molecule has 68 valence electrons. The van der Waals surface area contributed by atoms with Crippen molar-refractivity contribution in [2.24, 2.45) is 5.18 Å². The molecule has 0 amide bonds. The number of nitrogens with zero attached hydrogens (tertiary/aromatic N) is 1. The molecule has 0 saturated heterocycles. The van der Waals surface area contributed by atoms with Crippen LogP contribution in [0.2, 0.25) is 0 Å². The molecule has 0 heterocycles.